The molecule has 0 unspecified atom stereocenters. The molecule has 0 bridgehead atoms. The van der Waals surface area contributed by atoms with Gasteiger partial charge in [-0.2, -0.15) is 5.10 Å². The lowest BCUT2D eigenvalue weighted by Crippen LogP contribution is -2.06. The Kier molecular flexibility index (Phi) is 4.72. The molecule has 0 saturated carbocycles. The number of nitrogens with zero attached hydrogens (tertiary/aromatic N) is 3. The highest BCUT2D eigenvalue weighted by Gasteiger charge is 1.96. The van der Waals surface area contributed by atoms with E-state index in [0.717, 1.165) is 31.7 Å². The average molecular weight is 246 g/mol. The second-order valence-electron chi connectivity index (χ2n) is 4.04. The normalized spacial score (nSPS) is 10.7. The number of hydrogen-bond acceptors (Lipinski definition) is 4. The van der Waals surface area contributed by atoms with Crippen molar-refractivity contribution >= 4 is 5.82 Å². The van der Waals surface area contributed by atoms with Crippen LogP contribution < -0.4 is 5.73 Å². The van der Waals surface area contributed by atoms with Crippen LogP contribution in [0.4, 0.5) is 5.82 Å². The molecule has 0 aromatic carbocycles. The standard InChI is InChI=1S/C13H18N4O/c14-13-5-9-17(16-13)8-3-10-18-11-6-12-4-1-2-7-15-12/h1-2,4-5,7,9H,3,6,8,10-11H2,(H2,14,16). The molecule has 0 fully saturated rings. The molecule has 0 aliphatic carbocycles. The number of nitrogen functional groups attached to an aromatic ring is 1. The summed E-state index contributed by atoms with van der Waals surface area (Å²) in [5.41, 5.74) is 6.59. The Morgan fingerprint density at radius 2 is 2.17 bits per heavy atom. The lowest BCUT2D eigenvalue weighted by Gasteiger charge is -2.04. The van der Waals surface area contributed by atoms with Crippen LogP contribution in [0.1, 0.15) is 12.1 Å². The molecule has 0 aliphatic heterocycles. The van der Waals surface area contributed by atoms with Crippen LogP contribution in [0, 0.1) is 0 Å². The van der Waals surface area contributed by atoms with E-state index in [1.165, 1.54) is 0 Å². The summed E-state index contributed by atoms with van der Waals surface area (Å²) in [6.45, 7) is 2.27. The van der Waals surface area contributed by atoms with Crippen molar-refractivity contribution in [2.24, 2.45) is 0 Å². The number of ether oxygens (including phenoxy) is 1. The van der Waals surface area contributed by atoms with E-state index in [2.05, 4.69) is 10.1 Å². The van der Waals surface area contributed by atoms with E-state index in [1.807, 2.05) is 29.1 Å². The average Bonchev–Trinajstić information content (AvgIpc) is 2.81. The topological polar surface area (TPSA) is 66.0 Å². The fourth-order valence-electron chi connectivity index (χ4n) is 1.66. The third kappa shape index (κ3) is 4.18. The van der Waals surface area contributed by atoms with Crippen LogP contribution in [-0.2, 0) is 17.7 Å². The minimum atomic E-state index is 0.561. The Balaban J connectivity index is 1.54. The van der Waals surface area contributed by atoms with E-state index < -0.39 is 0 Å². The van der Waals surface area contributed by atoms with Gasteiger partial charge in [0.1, 0.15) is 5.82 Å². The molecule has 96 valence electrons. The first-order valence-corrected chi connectivity index (χ1v) is 6.11. The van der Waals surface area contributed by atoms with E-state index in [1.54, 1.807) is 12.3 Å². The smallest absolute Gasteiger partial charge is 0.145 e. The molecule has 5 heteroatoms. The van der Waals surface area contributed by atoms with Gasteiger partial charge in [0, 0.05) is 37.7 Å². The van der Waals surface area contributed by atoms with Crippen molar-refractivity contribution in [1.29, 1.82) is 0 Å². The van der Waals surface area contributed by atoms with Crippen molar-refractivity contribution in [1.82, 2.24) is 14.8 Å². The molecule has 2 N–H and O–H groups in total. The maximum Gasteiger partial charge on any atom is 0.145 e. The molecule has 0 amide bonds. The van der Waals surface area contributed by atoms with Gasteiger partial charge in [-0.15, -0.1) is 0 Å². The van der Waals surface area contributed by atoms with Crippen molar-refractivity contribution < 1.29 is 4.74 Å². The van der Waals surface area contributed by atoms with Crippen LogP contribution in [0.25, 0.3) is 0 Å². The summed E-state index contributed by atoms with van der Waals surface area (Å²) in [4.78, 5) is 4.24. The Labute approximate surface area is 107 Å². The minimum Gasteiger partial charge on any atom is -0.382 e. The molecular weight excluding hydrogens is 228 g/mol. The first-order chi connectivity index (χ1) is 8.84. The summed E-state index contributed by atoms with van der Waals surface area (Å²) < 4.78 is 7.38. The highest BCUT2D eigenvalue weighted by Crippen LogP contribution is 1.98. The monoisotopic (exact) mass is 246 g/mol. The highest BCUT2D eigenvalue weighted by molar-refractivity contribution is 5.23. The molecule has 18 heavy (non-hydrogen) atoms. The maximum atomic E-state index is 5.55. The van der Waals surface area contributed by atoms with Crippen molar-refractivity contribution in [3.05, 3.63) is 42.4 Å². The Morgan fingerprint density at radius 1 is 1.22 bits per heavy atom. The van der Waals surface area contributed by atoms with Crippen LogP contribution in [0.3, 0.4) is 0 Å². The lowest BCUT2D eigenvalue weighted by atomic mass is 10.3. The van der Waals surface area contributed by atoms with Gasteiger partial charge < -0.3 is 10.5 Å². The molecular formula is C13H18N4O. The van der Waals surface area contributed by atoms with Crippen molar-refractivity contribution in [2.45, 2.75) is 19.4 Å². The number of hydrogen-bond donors (Lipinski definition) is 1. The Hall–Kier alpha value is -1.88. The van der Waals surface area contributed by atoms with Gasteiger partial charge in [-0.1, -0.05) is 6.07 Å². The van der Waals surface area contributed by atoms with Gasteiger partial charge in [-0.25, -0.2) is 0 Å². The Bertz CT molecular complexity index is 455. The van der Waals surface area contributed by atoms with E-state index >= 15 is 0 Å². The third-order valence-electron chi connectivity index (χ3n) is 2.57. The predicted octanol–water partition coefficient (Wildman–Crippen LogP) is 1.51. The molecule has 2 heterocycles. The summed E-state index contributed by atoms with van der Waals surface area (Å²) in [6, 6.07) is 7.71. The fourth-order valence-corrected chi connectivity index (χ4v) is 1.66. The predicted molar refractivity (Wildman–Crippen MR) is 70.0 cm³/mol. The molecule has 2 aromatic rings. The Morgan fingerprint density at radius 3 is 2.89 bits per heavy atom. The van der Waals surface area contributed by atoms with Crippen molar-refractivity contribution in [3.63, 3.8) is 0 Å². The molecule has 0 aliphatic rings. The van der Waals surface area contributed by atoms with Gasteiger partial charge in [-0.05, 0) is 24.6 Å². The summed E-state index contributed by atoms with van der Waals surface area (Å²) in [6.07, 6.45) is 5.47. The van der Waals surface area contributed by atoms with Gasteiger partial charge in [0.15, 0.2) is 0 Å². The minimum absolute atomic E-state index is 0.561. The zero-order chi connectivity index (χ0) is 12.6. The molecule has 0 spiro atoms. The molecule has 0 radical (unpaired) electrons. The lowest BCUT2D eigenvalue weighted by molar-refractivity contribution is 0.130. The SMILES string of the molecule is Nc1ccn(CCCOCCc2ccccn2)n1. The van der Waals surface area contributed by atoms with Crippen molar-refractivity contribution in [3.8, 4) is 0 Å². The molecule has 5 nitrogen and oxygen atoms in total. The second-order valence-corrected chi connectivity index (χ2v) is 4.04. The highest BCUT2D eigenvalue weighted by atomic mass is 16.5. The summed E-state index contributed by atoms with van der Waals surface area (Å²) in [5.74, 6) is 0.561. The number of nitrogens with two attached hydrogens (primary N) is 1. The van der Waals surface area contributed by atoms with E-state index in [-0.39, 0.29) is 0 Å². The first-order valence-electron chi connectivity index (χ1n) is 6.11. The number of pyridine rings is 1. The van der Waals surface area contributed by atoms with E-state index in [9.17, 15) is 0 Å². The largest absolute Gasteiger partial charge is 0.382 e. The van der Waals surface area contributed by atoms with Crippen LogP contribution in [-0.4, -0.2) is 28.0 Å². The molecule has 0 atom stereocenters. The fraction of sp³-hybridized carbons (Fsp3) is 0.385. The van der Waals surface area contributed by atoms with Crippen LogP contribution in [0.5, 0.6) is 0 Å². The number of rotatable bonds is 7. The molecule has 0 saturated heterocycles. The zero-order valence-corrected chi connectivity index (χ0v) is 10.3. The van der Waals surface area contributed by atoms with Gasteiger partial charge in [0.05, 0.1) is 6.61 Å². The first kappa shape index (κ1) is 12.6. The number of aryl methyl sites for hydroxylation is 1. The maximum absolute atomic E-state index is 5.55. The summed E-state index contributed by atoms with van der Waals surface area (Å²) in [5, 5.41) is 4.10. The number of aromatic nitrogens is 3. The summed E-state index contributed by atoms with van der Waals surface area (Å²) >= 11 is 0. The quantitative estimate of drug-likeness (QED) is 0.752. The summed E-state index contributed by atoms with van der Waals surface area (Å²) in [7, 11) is 0. The van der Waals surface area contributed by atoms with Crippen LogP contribution >= 0.6 is 0 Å². The van der Waals surface area contributed by atoms with Crippen LogP contribution in [0.15, 0.2) is 36.7 Å². The number of anilines is 1. The molecule has 2 aromatic heterocycles. The van der Waals surface area contributed by atoms with E-state index in [4.69, 9.17) is 10.5 Å². The van der Waals surface area contributed by atoms with E-state index in [0.29, 0.717) is 12.4 Å². The van der Waals surface area contributed by atoms with Gasteiger partial charge in [0.25, 0.3) is 0 Å². The zero-order valence-electron chi connectivity index (χ0n) is 10.3. The second kappa shape index (κ2) is 6.76. The molecule has 2 rings (SSSR count). The van der Waals surface area contributed by atoms with Crippen molar-refractivity contribution in [2.75, 3.05) is 18.9 Å². The van der Waals surface area contributed by atoms with Gasteiger partial charge >= 0.3 is 0 Å². The van der Waals surface area contributed by atoms with Crippen LogP contribution in [0.2, 0.25) is 0 Å². The van der Waals surface area contributed by atoms with Gasteiger partial charge in [0.2, 0.25) is 0 Å². The van der Waals surface area contributed by atoms with Gasteiger partial charge in [-0.3, -0.25) is 9.67 Å². The third-order valence-corrected chi connectivity index (χ3v) is 2.57.